The molecule has 0 saturated heterocycles. The largest absolute Gasteiger partial charge is 0.478 e. The summed E-state index contributed by atoms with van der Waals surface area (Å²) in [5.41, 5.74) is 0. The Hall–Kier alpha value is -1.40. The highest BCUT2D eigenvalue weighted by Crippen LogP contribution is 2.11. The van der Waals surface area contributed by atoms with Crippen molar-refractivity contribution < 1.29 is 30.0 Å². The molecule has 0 spiro atoms. The van der Waals surface area contributed by atoms with Gasteiger partial charge in [-0.05, 0) is 6.42 Å². The fourth-order valence-electron chi connectivity index (χ4n) is 2.10. The molecule has 1 atom stereocenters. The second kappa shape index (κ2) is 19.6. The molecule has 1 unspecified atom stereocenters. The van der Waals surface area contributed by atoms with Crippen molar-refractivity contribution in [3.05, 3.63) is 12.2 Å². The third-order valence-electron chi connectivity index (χ3n) is 3.47. The molecule has 0 amide bonds. The number of aliphatic hydroxyl groups excluding tert-OH is 2. The maximum absolute atomic E-state index is 9.55. The number of carboxylic acids is 2. The van der Waals surface area contributed by atoms with Gasteiger partial charge in [-0.1, -0.05) is 71.1 Å². The smallest absolute Gasteiger partial charge is 0.328 e. The minimum absolute atomic E-state index is 0.0859. The van der Waals surface area contributed by atoms with Gasteiger partial charge in [0.05, 0.1) is 12.7 Å². The molecule has 0 rings (SSSR count). The summed E-state index contributed by atoms with van der Waals surface area (Å²) in [4.78, 5) is 19.1. The van der Waals surface area contributed by atoms with E-state index in [-0.39, 0.29) is 6.61 Å². The summed E-state index contributed by atoms with van der Waals surface area (Å²) < 4.78 is 0. The van der Waals surface area contributed by atoms with Gasteiger partial charge in [0.1, 0.15) is 0 Å². The first-order valence-electron chi connectivity index (χ1n) is 8.86. The molecule has 0 radical (unpaired) electrons. The normalized spacial score (nSPS) is 11.8. The first-order chi connectivity index (χ1) is 11.4. The maximum atomic E-state index is 9.55. The standard InChI is InChI=1S/C14H30O2.C4H4O4/c1-2-3-4-5-6-7-8-9-10-11-12-14(16)13-15;5-3(6)1-2-4(7)8/h14-16H,2-13H2,1H3;1-2H,(H,5,6)(H,7,8)/b;2-1-. The molecule has 0 aromatic carbocycles. The molecule has 4 N–H and O–H groups in total. The average Bonchev–Trinajstić information content (AvgIpc) is 2.55. The Labute approximate surface area is 145 Å². The van der Waals surface area contributed by atoms with Crippen LogP contribution in [-0.2, 0) is 9.59 Å². The maximum Gasteiger partial charge on any atom is 0.328 e. The summed E-state index contributed by atoms with van der Waals surface area (Å²) in [6.45, 7) is 2.16. The van der Waals surface area contributed by atoms with Crippen LogP contribution in [0.3, 0.4) is 0 Å². The lowest BCUT2D eigenvalue weighted by Crippen LogP contribution is -2.10. The lowest BCUT2D eigenvalue weighted by atomic mass is 10.0. The minimum Gasteiger partial charge on any atom is -0.478 e. The Morgan fingerprint density at radius 3 is 1.50 bits per heavy atom. The first kappa shape index (κ1) is 24.8. The molecular weight excluding hydrogens is 312 g/mol. The van der Waals surface area contributed by atoms with Gasteiger partial charge in [-0.2, -0.15) is 0 Å². The highest BCUT2D eigenvalue weighted by Gasteiger charge is 2.00. The fourth-order valence-corrected chi connectivity index (χ4v) is 2.10. The zero-order valence-corrected chi connectivity index (χ0v) is 14.8. The van der Waals surface area contributed by atoms with Gasteiger partial charge in [-0.15, -0.1) is 0 Å². The van der Waals surface area contributed by atoms with Gasteiger partial charge in [0.25, 0.3) is 0 Å². The van der Waals surface area contributed by atoms with Gasteiger partial charge in [0.15, 0.2) is 0 Å². The van der Waals surface area contributed by atoms with Crippen molar-refractivity contribution in [1.29, 1.82) is 0 Å². The van der Waals surface area contributed by atoms with Crippen molar-refractivity contribution in [3.8, 4) is 0 Å². The molecule has 142 valence electrons. The molecule has 0 aromatic rings. The van der Waals surface area contributed by atoms with E-state index in [9.17, 15) is 9.59 Å². The van der Waals surface area contributed by atoms with Crippen LogP contribution >= 0.6 is 0 Å². The van der Waals surface area contributed by atoms with Crippen LogP contribution in [0.25, 0.3) is 0 Å². The summed E-state index contributed by atoms with van der Waals surface area (Å²) in [5.74, 6) is -2.51. The molecule has 0 aromatic heterocycles. The fraction of sp³-hybridized carbons (Fsp3) is 0.778. The number of aliphatic carboxylic acids is 2. The van der Waals surface area contributed by atoms with Gasteiger partial charge in [-0.3, -0.25) is 0 Å². The lowest BCUT2D eigenvalue weighted by Gasteiger charge is -2.06. The summed E-state index contributed by atoms with van der Waals surface area (Å²) >= 11 is 0. The molecule has 0 heterocycles. The Balaban J connectivity index is 0. The van der Waals surface area contributed by atoms with Gasteiger partial charge in [0, 0.05) is 12.2 Å². The minimum atomic E-state index is -1.26. The zero-order valence-electron chi connectivity index (χ0n) is 14.8. The Bertz CT molecular complexity index is 311. The monoisotopic (exact) mass is 346 g/mol. The zero-order chi connectivity index (χ0) is 18.6. The number of hydrogen-bond donors (Lipinski definition) is 4. The van der Waals surface area contributed by atoms with Gasteiger partial charge in [0.2, 0.25) is 0 Å². The number of hydrogen-bond acceptors (Lipinski definition) is 4. The second-order valence-electron chi connectivity index (χ2n) is 5.82. The predicted octanol–water partition coefficient (Wildman–Crippen LogP) is 3.36. The third kappa shape index (κ3) is 25.5. The van der Waals surface area contributed by atoms with E-state index in [1.165, 1.54) is 57.8 Å². The Kier molecular flexibility index (Phi) is 20.3. The molecule has 0 aliphatic carbocycles. The quantitative estimate of drug-likeness (QED) is 0.283. The van der Waals surface area contributed by atoms with Crippen molar-refractivity contribution in [2.24, 2.45) is 0 Å². The van der Waals surface area contributed by atoms with Crippen LogP contribution < -0.4 is 0 Å². The summed E-state index contributed by atoms with van der Waals surface area (Å²) in [7, 11) is 0. The summed E-state index contributed by atoms with van der Waals surface area (Å²) in [5, 5.41) is 33.4. The number of carbonyl (C=O) groups is 2. The van der Waals surface area contributed by atoms with Crippen LogP contribution in [0.5, 0.6) is 0 Å². The molecule has 0 saturated carbocycles. The van der Waals surface area contributed by atoms with E-state index in [0.717, 1.165) is 12.8 Å². The van der Waals surface area contributed by atoms with E-state index in [1.807, 2.05) is 0 Å². The number of unbranched alkanes of at least 4 members (excludes halogenated alkanes) is 9. The second-order valence-corrected chi connectivity index (χ2v) is 5.82. The highest BCUT2D eigenvalue weighted by molar-refractivity contribution is 5.89. The molecule has 24 heavy (non-hydrogen) atoms. The van der Waals surface area contributed by atoms with Crippen molar-refractivity contribution in [3.63, 3.8) is 0 Å². The van der Waals surface area contributed by atoms with Crippen LogP contribution in [0.2, 0.25) is 0 Å². The number of carboxylic acid groups (broad SMARTS) is 2. The van der Waals surface area contributed by atoms with Gasteiger partial charge in [-0.25, -0.2) is 9.59 Å². The van der Waals surface area contributed by atoms with Crippen LogP contribution in [0, 0.1) is 0 Å². The Morgan fingerprint density at radius 1 is 0.792 bits per heavy atom. The van der Waals surface area contributed by atoms with Crippen LogP contribution in [0.4, 0.5) is 0 Å². The van der Waals surface area contributed by atoms with E-state index >= 15 is 0 Å². The van der Waals surface area contributed by atoms with E-state index in [0.29, 0.717) is 12.2 Å². The van der Waals surface area contributed by atoms with E-state index in [1.54, 1.807) is 0 Å². The van der Waals surface area contributed by atoms with Crippen LogP contribution in [-0.4, -0.2) is 45.1 Å². The predicted molar refractivity (Wildman–Crippen MR) is 94.0 cm³/mol. The summed E-state index contributed by atoms with van der Waals surface area (Å²) in [6, 6.07) is 0. The van der Waals surface area contributed by atoms with Crippen LogP contribution in [0.1, 0.15) is 77.6 Å². The van der Waals surface area contributed by atoms with Gasteiger partial charge < -0.3 is 20.4 Å². The first-order valence-corrected chi connectivity index (χ1v) is 8.86. The number of aliphatic hydroxyl groups is 2. The van der Waals surface area contributed by atoms with E-state index in [2.05, 4.69) is 6.92 Å². The topological polar surface area (TPSA) is 115 Å². The van der Waals surface area contributed by atoms with Gasteiger partial charge >= 0.3 is 11.9 Å². The third-order valence-corrected chi connectivity index (χ3v) is 3.47. The molecule has 6 nitrogen and oxygen atoms in total. The molecule has 0 aliphatic rings. The molecule has 0 fully saturated rings. The lowest BCUT2D eigenvalue weighted by molar-refractivity contribution is -0.134. The van der Waals surface area contributed by atoms with Crippen molar-refractivity contribution in [2.75, 3.05) is 6.61 Å². The molecule has 0 bridgehead atoms. The molecule has 6 heteroatoms. The van der Waals surface area contributed by atoms with Crippen molar-refractivity contribution in [2.45, 2.75) is 83.7 Å². The molecular formula is C18H34O6. The molecule has 0 aliphatic heterocycles. The average molecular weight is 346 g/mol. The Morgan fingerprint density at radius 2 is 1.17 bits per heavy atom. The van der Waals surface area contributed by atoms with Crippen molar-refractivity contribution >= 4 is 11.9 Å². The summed E-state index contributed by atoms with van der Waals surface area (Å²) in [6.07, 6.45) is 14.5. The van der Waals surface area contributed by atoms with E-state index < -0.39 is 18.0 Å². The van der Waals surface area contributed by atoms with E-state index in [4.69, 9.17) is 20.4 Å². The van der Waals surface area contributed by atoms with Crippen molar-refractivity contribution in [1.82, 2.24) is 0 Å². The number of rotatable bonds is 14. The highest BCUT2D eigenvalue weighted by atomic mass is 16.4. The van der Waals surface area contributed by atoms with Crippen LogP contribution in [0.15, 0.2) is 12.2 Å². The SMILES string of the molecule is CCCCCCCCCCCCC(O)CO.O=C(O)/C=C\C(=O)O.